The molecule has 6 nitrogen and oxygen atoms in total. The number of rotatable bonds is 58. The summed E-state index contributed by atoms with van der Waals surface area (Å²) >= 11 is 0. The van der Waals surface area contributed by atoms with Crippen molar-refractivity contribution >= 4 is 11.9 Å². The first-order valence-electron chi connectivity index (χ1n) is 31.4. The minimum absolute atomic E-state index is 0.00469. The van der Waals surface area contributed by atoms with Gasteiger partial charge in [-0.3, -0.25) is 9.59 Å². The molecule has 0 radical (unpaired) electrons. The lowest BCUT2D eigenvalue weighted by molar-refractivity contribution is -0.143. The van der Waals surface area contributed by atoms with Gasteiger partial charge in [0.25, 0.3) is 0 Å². The first kappa shape index (κ1) is 68.8. The van der Waals surface area contributed by atoms with Crippen LogP contribution in [0.3, 0.4) is 0 Å². The number of nitrogens with one attached hydrogen (secondary N) is 1. The molecular weight excluding hydrogens is 875 g/mol. The third-order valence-corrected chi connectivity index (χ3v) is 14.3. The number of carbonyl (C=O) groups is 2. The molecule has 2 unspecified atom stereocenters. The highest BCUT2D eigenvalue weighted by Gasteiger charge is 2.18. The van der Waals surface area contributed by atoms with Crippen LogP contribution in [0.5, 0.6) is 0 Å². The molecule has 0 aromatic rings. The molecule has 0 saturated heterocycles. The maximum absolute atomic E-state index is 12.5. The molecular formula is C65H121NO5. The summed E-state index contributed by atoms with van der Waals surface area (Å²) in [4.78, 5) is 24.6. The Kier molecular flexibility index (Phi) is 58.5. The number of ether oxygens (including phenoxy) is 1. The zero-order valence-corrected chi connectivity index (χ0v) is 47.5. The number of esters is 1. The zero-order chi connectivity index (χ0) is 51.4. The van der Waals surface area contributed by atoms with E-state index in [0.717, 1.165) is 64.2 Å². The van der Waals surface area contributed by atoms with Crippen LogP contribution in [-0.2, 0) is 14.3 Å². The maximum Gasteiger partial charge on any atom is 0.305 e. The number of aliphatic hydroxyl groups excluding tert-OH is 2. The number of unbranched alkanes of at least 4 members (excludes halogenated alkanes) is 41. The van der Waals surface area contributed by atoms with Gasteiger partial charge in [-0.25, -0.2) is 0 Å². The van der Waals surface area contributed by atoms with Crippen molar-refractivity contribution in [3.05, 3.63) is 48.6 Å². The maximum atomic E-state index is 12.5. The van der Waals surface area contributed by atoms with Crippen LogP contribution in [0, 0.1) is 0 Å². The molecule has 3 N–H and O–H groups in total. The summed E-state index contributed by atoms with van der Waals surface area (Å²) in [5.74, 6) is -0.0811. The highest BCUT2D eigenvalue weighted by molar-refractivity contribution is 5.76. The molecule has 0 bridgehead atoms. The Morgan fingerprint density at radius 3 is 1.11 bits per heavy atom. The quantitative estimate of drug-likeness (QED) is 0.0321. The average molecular weight is 997 g/mol. The average Bonchev–Trinajstić information content (AvgIpc) is 3.37. The van der Waals surface area contributed by atoms with Crippen LogP contribution >= 0.6 is 0 Å². The summed E-state index contributed by atoms with van der Waals surface area (Å²) in [5.41, 5.74) is 0. The fourth-order valence-electron chi connectivity index (χ4n) is 9.48. The predicted octanol–water partition coefficient (Wildman–Crippen LogP) is 19.7. The Morgan fingerprint density at radius 2 is 0.704 bits per heavy atom. The molecule has 0 aromatic carbocycles. The highest BCUT2D eigenvalue weighted by atomic mass is 16.5. The molecule has 0 aliphatic rings. The van der Waals surface area contributed by atoms with E-state index in [1.54, 1.807) is 6.08 Å². The molecule has 2 atom stereocenters. The molecule has 6 heteroatoms. The van der Waals surface area contributed by atoms with E-state index in [9.17, 15) is 19.8 Å². The molecule has 0 aromatic heterocycles. The van der Waals surface area contributed by atoms with Crippen molar-refractivity contribution in [3.8, 4) is 0 Å². The van der Waals surface area contributed by atoms with Gasteiger partial charge >= 0.3 is 5.97 Å². The highest BCUT2D eigenvalue weighted by Crippen LogP contribution is 2.17. The van der Waals surface area contributed by atoms with Gasteiger partial charge in [0.15, 0.2) is 0 Å². The summed E-state index contributed by atoms with van der Waals surface area (Å²) in [5, 5.41) is 23.2. The largest absolute Gasteiger partial charge is 0.466 e. The van der Waals surface area contributed by atoms with Crippen LogP contribution < -0.4 is 5.32 Å². The van der Waals surface area contributed by atoms with Crippen molar-refractivity contribution in [2.75, 3.05) is 13.2 Å². The Hall–Kier alpha value is -2.18. The van der Waals surface area contributed by atoms with Crippen molar-refractivity contribution in [2.24, 2.45) is 0 Å². The molecule has 1 amide bonds. The van der Waals surface area contributed by atoms with Gasteiger partial charge in [0.2, 0.25) is 5.91 Å². The topological polar surface area (TPSA) is 95.9 Å². The second-order valence-corrected chi connectivity index (χ2v) is 21.4. The van der Waals surface area contributed by atoms with Crippen molar-refractivity contribution in [1.82, 2.24) is 5.32 Å². The summed E-state index contributed by atoms with van der Waals surface area (Å²) in [6.45, 7) is 4.88. The lowest BCUT2D eigenvalue weighted by atomic mass is 10.0. The number of hydrogen-bond donors (Lipinski definition) is 3. The number of allylic oxidation sites excluding steroid dienone is 7. The Morgan fingerprint density at radius 1 is 0.394 bits per heavy atom. The van der Waals surface area contributed by atoms with E-state index in [0.29, 0.717) is 19.4 Å². The predicted molar refractivity (Wildman–Crippen MR) is 310 cm³/mol. The van der Waals surface area contributed by atoms with E-state index in [1.807, 2.05) is 6.08 Å². The molecule has 0 rings (SSSR count). The Bertz CT molecular complexity index is 1190. The van der Waals surface area contributed by atoms with Crippen LogP contribution in [0.25, 0.3) is 0 Å². The minimum atomic E-state index is -0.852. The van der Waals surface area contributed by atoms with E-state index in [-0.39, 0.29) is 18.5 Å². The van der Waals surface area contributed by atoms with Gasteiger partial charge < -0.3 is 20.3 Å². The standard InChI is InChI=1S/C65H121NO5/c1-3-5-7-9-11-13-15-17-19-21-26-29-33-37-41-45-49-53-57-63(68)62(61-67)66-64(69)58-54-50-46-42-38-34-30-27-23-22-24-28-32-36-40-44-48-52-56-60-71-65(70)59-55-51-47-43-39-35-31-25-20-18-16-14-12-10-8-6-4-2/h12,14,18,20,22-23,53,57,62-63,67-68H,3-11,13,15-17,19,21,24-52,54-56,58-61H2,1-2H3,(H,66,69)/b14-12-,20-18-,23-22-,57-53+. The van der Waals surface area contributed by atoms with Crippen molar-refractivity contribution in [2.45, 2.75) is 341 Å². The van der Waals surface area contributed by atoms with Crippen LogP contribution in [0.15, 0.2) is 48.6 Å². The van der Waals surface area contributed by atoms with E-state index in [4.69, 9.17) is 4.74 Å². The normalized spacial score (nSPS) is 12.9. The fourth-order valence-corrected chi connectivity index (χ4v) is 9.48. The Balaban J connectivity index is 3.47. The van der Waals surface area contributed by atoms with Crippen LogP contribution in [-0.4, -0.2) is 47.4 Å². The van der Waals surface area contributed by atoms with Gasteiger partial charge in [0.05, 0.1) is 25.4 Å². The van der Waals surface area contributed by atoms with Crippen molar-refractivity contribution in [3.63, 3.8) is 0 Å². The lowest BCUT2D eigenvalue weighted by Crippen LogP contribution is -2.45. The van der Waals surface area contributed by atoms with E-state index >= 15 is 0 Å². The van der Waals surface area contributed by atoms with E-state index in [1.165, 1.54) is 238 Å². The second kappa shape index (κ2) is 60.4. The monoisotopic (exact) mass is 996 g/mol. The molecule has 0 saturated carbocycles. The summed E-state index contributed by atoms with van der Waals surface area (Å²) in [6.07, 6.45) is 77.1. The van der Waals surface area contributed by atoms with Gasteiger partial charge in [-0.2, -0.15) is 0 Å². The third kappa shape index (κ3) is 57.0. The van der Waals surface area contributed by atoms with Crippen molar-refractivity contribution in [1.29, 1.82) is 0 Å². The molecule has 71 heavy (non-hydrogen) atoms. The number of aliphatic hydroxyl groups is 2. The summed E-state index contributed by atoms with van der Waals surface area (Å²) < 4.78 is 5.48. The SMILES string of the molecule is CCCCC/C=C\C/C=C\CCCCCCCCCC(=O)OCCCCCCCCCC/C=C\CCCCCCCCCC(=O)NC(CO)C(O)/C=C/CCCCCCCCCCCCCCCCCC. The van der Waals surface area contributed by atoms with Gasteiger partial charge in [-0.05, 0) is 89.9 Å². The molecule has 0 aliphatic heterocycles. The number of amides is 1. The smallest absolute Gasteiger partial charge is 0.305 e. The molecule has 0 heterocycles. The fraction of sp³-hybridized carbons (Fsp3) is 0.846. The third-order valence-electron chi connectivity index (χ3n) is 14.3. The molecule has 416 valence electrons. The van der Waals surface area contributed by atoms with Gasteiger partial charge in [-0.15, -0.1) is 0 Å². The molecule has 0 spiro atoms. The van der Waals surface area contributed by atoms with Gasteiger partial charge in [-0.1, -0.05) is 274 Å². The first-order chi connectivity index (χ1) is 35.0. The number of hydrogen-bond acceptors (Lipinski definition) is 5. The van der Waals surface area contributed by atoms with Crippen LogP contribution in [0.2, 0.25) is 0 Å². The minimum Gasteiger partial charge on any atom is -0.466 e. The van der Waals surface area contributed by atoms with Gasteiger partial charge in [0, 0.05) is 12.8 Å². The molecule has 0 aliphatic carbocycles. The van der Waals surface area contributed by atoms with E-state index < -0.39 is 12.1 Å². The molecule has 0 fully saturated rings. The Labute approximate surface area is 442 Å². The van der Waals surface area contributed by atoms with Crippen molar-refractivity contribution < 1.29 is 24.5 Å². The van der Waals surface area contributed by atoms with Gasteiger partial charge in [0.1, 0.15) is 0 Å². The second-order valence-electron chi connectivity index (χ2n) is 21.4. The summed E-state index contributed by atoms with van der Waals surface area (Å²) in [7, 11) is 0. The van der Waals surface area contributed by atoms with E-state index in [2.05, 4.69) is 55.6 Å². The van der Waals surface area contributed by atoms with Crippen LogP contribution in [0.1, 0.15) is 328 Å². The van der Waals surface area contributed by atoms with Crippen LogP contribution in [0.4, 0.5) is 0 Å². The first-order valence-corrected chi connectivity index (χ1v) is 31.4. The zero-order valence-electron chi connectivity index (χ0n) is 47.5. The lowest BCUT2D eigenvalue weighted by Gasteiger charge is -2.20. The number of carbonyl (C=O) groups excluding carboxylic acids is 2. The summed E-state index contributed by atoms with van der Waals surface area (Å²) in [6, 6.07) is -0.637.